The number of carboxylic acid groups (broad SMARTS) is 1. The van der Waals surface area contributed by atoms with Crippen LogP contribution in [-0.4, -0.2) is 24.7 Å². The Labute approximate surface area is 109 Å². The van der Waals surface area contributed by atoms with Crippen LogP contribution in [0.5, 0.6) is 5.75 Å². The SMILES string of the molecule is CCCNC(C(=O)O)c1cc(Br)ccc1OC. The number of nitrogens with one attached hydrogen (secondary N) is 1. The summed E-state index contributed by atoms with van der Waals surface area (Å²) in [5, 5.41) is 12.2. The van der Waals surface area contributed by atoms with Gasteiger partial charge in [-0.1, -0.05) is 22.9 Å². The molecule has 0 saturated carbocycles. The lowest BCUT2D eigenvalue weighted by atomic mass is 10.1. The van der Waals surface area contributed by atoms with Crippen molar-refractivity contribution in [2.45, 2.75) is 19.4 Å². The average molecular weight is 302 g/mol. The van der Waals surface area contributed by atoms with Gasteiger partial charge in [0, 0.05) is 10.0 Å². The summed E-state index contributed by atoms with van der Waals surface area (Å²) in [4.78, 5) is 11.3. The fraction of sp³-hybridized carbons (Fsp3) is 0.417. The smallest absolute Gasteiger partial charge is 0.325 e. The van der Waals surface area contributed by atoms with E-state index in [2.05, 4.69) is 21.2 Å². The summed E-state index contributed by atoms with van der Waals surface area (Å²) in [6.45, 7) is 2.64. The molecule has 0 aromatic heterocycles. The van der Waals surface area contributed by atoms with Crippen molar-refractivity contribution < 1.29 is 14.6 Å². The van der Waals surface area contributed by atoms with Crippen molar-refractivity contribution in [1.82, 2.24) is 5.32 Å². The second-order valence-electron chi connectivity index (χ2n) is 3.61. The van der Waals surface area contributed by atoms with Gasteiger partial charge in [0.1, 0.15) is 11.8 Å². The van der Waals surface area contributed by atoms with Crippen molar-refractivity contribution in [2.75, 3.05) is 13.7 Å². The summed E-state index contributed by atoms with van der Waals surface area (Å²) in [5.74, 6) is -0.334. The second kappa shape index (κ2) is 6.61. The first-order valence-electron chi connectivity index (χ1n) is 5.39. The van der Waals surface area contributed by atoms with E-state index in [1.54, 1.807) is 12.1 Å². The van der Waals surface area contributed by atoms with Crippen molar-refractivity contribution in [3.05, 3.63) is 28.2 Å². The van der Waals surface area contributed by atoms with Crippen molar-refractivity contribution in [3.8, 4) is 5.75 Å². The average Bonchev–Trinajstić information content (AvgIpc) is 2.29. The molecule has 2 N–H and O–H groups in total. The highest BCUT2D eigenvalue weighted by Crippen LogP contribution is 2.28. The minimum atomic E-state index is -0.908. The Balaban J connectivity index is 3.07. The van der Waals surface area contributed by atoms with Crippen LogP contribution in [0.4, 0.5) is 0 Å². The molecule has 94 valence electrons. The van der Waals surface area contributed by atoms with Gasteiger partial charge in [0.05, 0.1) is 7.11 Å². The Morgan fingerprint density at radius 1 is 1.59 bits per heavy atom. The zero-order valence-corrected chi connectivity index (χ0v) is 11.5. The van der Waals surface area contributed by atoms with Crippen LogP contribution in [0.3, 0.4) is 0 Å². The molecule has 0 fully saturated rings. The highest BCUT2D eigenvalue weighted by atomic mass is 79.9. The molecule has 0 aliphatic rings. The first-order chi connectivity index (χ1) is 8.10. The monoisotopic (exact) mass is 301 g/mol. The predicted octanol–water partition coefficient (Wildman–Crippen LogP) is 2.58. The summed E-state index contributed by atoms with van der Waals surface area (Å²) in [6.07, 6.45) is 0.875. The molecule has 0 amide bonds. The lowest BCUT2D eigenvalue weighted by Crippen LogP contribution is -2.29. The quantitative estimate of drug-likeness (QED) is 0.848. The maximum Gasteiger partial charge on any atom is 0.325 e. The fourth-order valence-electron chi connectivity index (χ4n) is 1.55. The van der Waals surface area contributed by atoms with Gasteiger partial charge in [0.15, 0.2) is 0 Å². The molecule has 4 nitrogen and oxygen atoms in total. The molecule has 0 aliphatic carbocycles. The number of methoxy groups -OCH3 is 1. The van der Waals surface area contributed by atoms with Crippen LogP contribution in [0, 0.1) is 0 Å². The van der Waals surface area contributed by atoms with Gasteiger partial charge in [0.2, 0.25) is 0 Å². The molecule has 1 atom stereocenters. The molecular weight excluding hydrogens is 286 g/mol. The maximum atomic E-state index is 11.3. The minimum absolute atomic E-state index is 0.573. The van der Waals surface area contributed by atoms with E-state index in [1.807, 2.05) is 13.0 Å². The van der Waals surface area contributed by atoms with Crippen LogP contribution in [0.1, 0.15) is 24.9 Å². The number of halogens is 1. The molecule has 1 rings (SSSR count). The van der Waals surface area contributed by atoms with Crippen molar-refractivity contribution in [3.63, 3.8) is 0 Å². The van der Waals surface area contributed by atoms with E-state index >= 15 is 0 Å². The van der Waals surface area contributed by atoms with E-state index in [1.165, 1.54) is 7.11 Å². The molecule has 0 bridgehead atoms. The molecule has 0 aliphatic heterocycles. The summed E-state index contributed by atoms with van der Waals surface area (Å²) in [6, 6.07) is 4.59. The predicted molar refractivity (Wildman–Crippen MR) is 69.4 cm³/mol. The molecular formula is C12H16BrNO3. The van der Waals surface area contributed by atoms with E-state index in [-0.39, 0.29) is 0 Å². The molecule has 0 spiro atoms. The number of hydrogen-bond donors (Lipinski definition) is 2. The Bertz CT molecular complexity index is 395. The van der Waals surface area contributed by atoms with E-state index in [0.29, 0.717) is 17.9 Å². The van der Waals surface area contributed by atoms with Crippen LogP contribution in [0.2, 0.25) is 0 Å². The molecule has 1 aromatic carbocycles. The van der Waals surface area contributed by atoms with Crippen molar-refractivity contribution >= 4 is 21.9 Å². The van der Waals surface area contributed by atoms with Gasteiger partial charge in [-0.15, -0.1) is 0 Å². The highest BCUT2D eigenvalue weighted by molar-refractivity contribution is 9.10. The number of carboxylic acids is 1. The van der Waals surface area contributed by atoms with Gasteiger partial charge in [-0.2, -0.15) is 0 Å². The number of rotatable bonds is 6. The first kappa shape index (κ1) is 14.0. The van der Waals surface area contributed by atoms with Crippen molar-refractivity contribution in [1.29, 1.82) is 0 Å². The topological polar surface area (TPSA) is 58.6 Å². The molecule has 17 heavy (non-hydrogen) atoms. The lowest BCUT2D eigenvalue weighted by molar-refractivity contribution is -0.139. The fourth-order valence-corrected chi connectivity index (χ4v) is 1.93. The van der Waals surface area contributed by atoms with E-state index in [4.69, 9.17) is 4.74 Å². The Morgan fingerprint density at radius 3 is 2.82 bits per heavy atom. The molecule has 5 heteroatoms. The van der Waals surface area contributed by atoms with Crippen LogP contribution in [-0.2, 0) is 4.79 Å². The van der Waals surface area contributed by atoms with E-state index in [9.17, 15) is 9.90 Å². The molecule has 1 aromatic rings. The third kappa shape index (κ3) is 3.71. The largest absolute Gasteiger partial charge is 0.496 e. The van der Waals surface area contributed by atoms with Crippen LogP contribution in [0.25, 0.3) is 0 Å². The minimum Gasteiger partial charge on any atom is -0.496 e. The number of benzene rings is 1. The van der Waals surface area contributed by atoms with Gasteiger partial charge in [-0.25, -0.2) is 0 Å². The van der Waals surface area contributed by atoms with Gasteiger partial charge in [-0.05, 0) is 31.2 Å². The van der Waals surface area contributed by atoms with E-state index in [0.717, 1.165) is 10.9 Å². The van der Waals surface area contributed by atoms with Crippen molar-refractivity contribution in [2.24, 2.45) is 0 Å². The number of carbonyl (C=O) groups is 1. The van der Waals surface area contributed by atoms with Crippen LogP contribution >= 0.6 is 15.9 Å². The normalized spacial score (nSPS) is 12.2. The van der Waals surface area contributed by atoms with Gasteiger partial charge >= 0.3 is 5.97 Å². The summed E-state index contributed by atoms with van der Waals surface area (Å²) >= 11 is 3.33. The highest BCUT2D eigenvalue weighted by Gasteiger charge is 2.22. The molecule has 0 heterocycles. The second-order valence-corrected chi connectivity index (χ2v) is 4.53. The summed E-state index contributed by atoms with van der Waals surface area (Å²) < 4.78 is 6.02. The zero-order chi connectivity index (χ0) is 12.8. The third-order valence-corrected chi connectivity index (χ3v) is 2.84. The Kier molecular flexibility index (Phi) is 5.44. The maximum absolute atomic E-state index is 11.3. The van der Waals surface area contributed by atoms with Gasteiger partial charge in [0.25, 0.3) is 0 Å². The summed E-state index contributed by atoms with van der Waals surface area (Å²) in [5.41, 5.74) is 0.628. The standard InChI is InChI=1S/C12H16BrNO3/c1-3-6-14-11(12(15)16)9-7-8(13)4-5-10(9)17-2/h4-5,7,11,14H,3,6H2,1-2H3,(H,15,16). The number of aliphatic carboxylic acids is 1. The Morgan fingerprint density at radius 2 is 2.29 bits per heavy atom. The number of hydrogen-bond acceptors (Lipinski definition) is 3. The Hall–Kier alpha value is -1.07. The lowest BCUT2D eigenvalue weighted by Gasteiger charge is -2.17. The third-order valence-electron chi connectivity index (χ3n) is 2.35. The zero-order valence-electron chi connectivity index (χ0n) is 9.87. The molecule has 0 radical (unpaired) electrons. The number of ether oxygens (including phenoxy) is 1. The molecule has 1 unspecified atom stereocenters. The van der Waals surface area contributed by atoms with Crippen LogP contribution < -0.4 is 10.1 Å². The van der Waals surface area contributed by atoms with Crippen LogP contribution in [0.15, 0.2) is 22.7 Å². The molecule has 0 saturated heterocycles. The van der Waals surface area contributed by atoms with Gasteiger partial charge < -0.3 is 15.2 Å². The first-order valence-corrected chi connectivity index (χ1v) is 6.19. The van der Waals surface area contributed by atoms with E-state index < -0.39 is 12.0 Å². The summed E-state index contributed by atoms with van der Waals surface area (Å²) in [7, 11) is 1.53. The van der Waals surface area contributed by atoms with Gasteiger partial charge in [-0.3, -0.25) is 4.79 Å².